The molecule has 3 rings (SSSR count). The molecule has 4 heteroatoms. The molecule has 2 aromatic rings. The molecule has 0 bridgehead atoms. The fourth-order valence-electron chi connectivity index (χ4n) is 3.04. The van der Waals surface area contributed by atoms with Gasteiger partial charge in [0.2, 0.25) is 0 Å². The minimum atomic E-state index is -0.125. The van der Waals surface area contributed by atoms with Crippen LogP contribution in [0.2, 0.25) is 0 Å². The maximum Gasteiger partial charge on any atom is 0.255 e. The topological polar surface area (TPSA) is 58.4 Å². The highest BCUT2D eigenvalue weighted by molar-refractivity contribution is 6.06. The highest BCUT2D eigenvalue weighted by Crippen LogP contribution is 2.28. The summed E-state index contributed by atoms with van der Waals surface area (Å²) in [6.45, 7) is 2.09. The number of carbonyl (C=O) groups is 1. The zero-order chi connectivity index (χ0) is 16.1. The minimum Gasteiger partial charge on any atom is -0.399 e. The number of nitrogen functional groups attached to an aromatic ring is 1. The molecular formula is C19H23N3O. The van der Waals surface area contributed by atoms with Crippen LogP contribution in [0.4, 0.5) is 17.1 Å². The lowest BCUT2D eigenvalue weighted by Gasteiger charge is -2.25. The van der Waals surface area contributed by atoms with Crippen LogP contribution in [0, 0.1) is 0 Å². The first kappa shape index (κ1) is 15.4. The number of nitrogens with zero attached hydrogens (tertiary/aromatic N) is 1. The third-order valence-electron chi connectivity index (χ3n) is 4.25. The van der Waals surface area contributed by atoms with Gasteiger partial charge in [-0.15, -0.1) is 0 Å². The molecular weight excluding hydrogens is 286 g/mol. The van der Waals surface area contributed by atoms with Gasteiger partial charge >= 0.3 is 0 Å². The summed E-state index contributed by atoms with van der Waals surface area (Å²) in [6, 6.07) is 15.1. The van der Waals surface area contributed by atoms with E-state index >= 15 is 0 Å². The number of rotatable bonds is 3. The van der Waals surface area contributed by atoms with E-state index in [1.807, 2.05) is 18.2 Å². The van der Waals surface area contributed by atoms with Crippen molar-refractivity contribution in [2.24, 2.45) is 0 Å². The standard InChI is InChI=1S/C19H23N3O/c20-16-9-7-8-15(14-16)19(23)21-17-10-3-4-11-18(17)22-12-5-1-2-6-13-22/h3-4,7-11,14H,1-2,5-6,12-13,20H2,(H,21,23). The molecule has 1 aliphatic rings. The Morgan fingerprint density at radius 2 is 1.70 bits per heavy atom. The SMILES string of the molecule is Nc1cccc(C(=O)Nc2ccccc2N2CCCCCC2)c1. The second-order valence-electron chi connectivity index (χ2n) is 6.00. The quantitative estimate of drug-likeness (QED) is 0.845. The Kier molecular flexibility index (Phi) is 4.81. The Morgan fingerprint density at radius 3 is 2.43 bits per heavy atom. The second kappa shape index (κ2) is 7.18. The summed E-state index contributed by atoms with van der Waals surface area (Å²) in [5, 5.41) is 3.04. The minimum absolute atomic E-state index is 0.125. The predicted molar refractivity (Wildman–Crippen MR) is 95.9 cm³/mol. The normalized spacial score (nSPS) is 15.0. The zero-order valence-electron chi connectivity index (χ0n) is 13.3. The van der Waals surface area contributed by atoms with Crippen molar-refractivity contribution in [1.82, 2.24) is 0 Å². The molecule has 0 saturated carbocycles. The van der Waals surface area contributed by atoms with Crippen molar-refractivity contribution in [2.75, 3.05) is 29.0 Å². The smallest absolute Gasteiger partial charge is 0.255 e. The summed E-state index contributed by atoms with van der Waals surface area (Å²) in [7, 11) is 0. The molecule has 1 aliphatic heterocycles. The van der Waals surface area contributed by atoms with Crippen molar-refractivity contribution in [3.8, 4) is 0 Å². The summed E-state index contributed by atoms with van der Waals surface area (Å²) >= 11 is 0. The van der Waals surface area contributed by atoms with E-state index in [9.17, 15) is 4.79 Å². The van der Waals surface area contributed by atoms with Crippen molar-refractivity contribution < 1.29 is 4.79 Å². The van der Waals surface area contributed by atoms with Crippen molar-refractivity contribution in [2.45, 2.75) is 25.7 Å². The molecule has 1 heterocycles. The van der Waals surface area contributed by atoms with Gasteiger partial charge in [0.05, 0.1) is 11.4 Å². The van der Waals surface area contributed by atoms with Crippen LogP contribution in [0.15, 0.2) is 48.5 Å². The molecule has 0 spiro atoms. The largest absolute Gasteiger partial charge is 0.399 e. The number of anilines is 3. The Balaban J connectivity index is 1.81. The van der Waals surface area contributed by atoms with Crippen molar-refractivity contribution in [3.05, 3.63) is 54.1 Å². The van der Waals surface area contributed by atoms with E-state index in [0.717, 1.165) is 24.5 Å². The van der Waals surface area contributed by atoms with Gasteiger partial charge in [-0.1, -0.05) is 31.0 Å². The molecule has 1 amide bonds. The Hall–Kier alpha value is -2.49. The molecule has 0 unspecified atom stereocenters. The van der Waals surface area contributed by atoms with Crippen molar-refractivity contribution in [1.29, 1.82) is 0 Å². The molecule has 0 atom stereocenters. The van der Waals surface area contributed by atoms with Gasteiger partial charge in [0.15, 0.2) is 0 Å². The van der Waals surface area contributed by atoms with Crippen LogP contribution >= 0.6 is 0 Å². The fourth-order valence-corrected chi connectivity index (χ4v) is 3.04. The molecule has 120 valence electrons. The van der Waals surface area contributed by atoms with E-state index in [1.165, 1.54) is 25.7 Å². The van der Waals surface area contributed by atoms with Crippen molar-refractivity contribution >= 4 is 23.0 Å². The first-order valence-corrected chi connectivity index (χ1v) is 8.25. The number of carbonyl (C=O) groups excluding carboxylic acids is 1. The van der Waals surface area contributed by atoms with E-state index in [1.54, 1.807) is 24.3 Å². The van der Waals surface area contributed by atoms with Crippen LogP contribution in [0.3, 0.4) is 0 Å². The number of amides is 1. The summed E-state index contributed by atoms with van der Waals surface area (Å²) in [5.41, 5.74) is 8.91. The molecule has 23 heavy (non-hydrogen) atoms. The predicted octanol–water partition coefficient (Wildman–Crippen LogP) is 3.90. The highest BCUT2D eigenvalue weighted by atomic mass is 16.1. The van der Waals surface area contributed by atoms with Crippen LogP contribution in [0.25, 0.3) is 0 Å². The highest BCUT2D eigenvalue weighted by Gasteiger charge is 2.15. The van der Waals surface area contributed by atoms with E-state index in [2.05, 4.69) is 16.3 Å². The Labute approximate surface area is 137 Å². The molecule has 1 fully saturated rings. The number of benzene rings is 2. The van der Waals surface area contributed by atoms with Crippen molar-refractivity contribution in [3.63, 3.8) is 0 Å². The maximum atomic E-state index is 12.5. The lowest BCUT2D eigenvalue weighted by molar-refractivity contribution is 0.102. The van der Waals surface area contributed by atoms with Crippen LogP contribution < -0.4 is 16.0 Å². The molecule has 4 nitrogen and oxygen atoms in total. The Morgan fingerprint density at radius 1 is 0.957 bits per heavy atom. The van der Waals surface area contributed by atoms with Gasteiger partial charge in [0.25, 0.3) is 5.91 Å². The maximum absolute atomic E-state index is 12.5. The van der Waals surface area contributed by atoms with Gasteiger partial charge in [-0.05, 0) is 43.2 Å². The summed E-state index contributed by atoms with van der Waals surface area (Å²) < 4.78 is 0. The average Bonchev–Trinajstić information content (AvgIpc) is 2.84. The molecule has 0 radical (unpaired) electrons. The van der Waals surface area contributed by atoms with Gasteiger partial charge < -0.3 is 16.0 Å². The van der Waals surface area contributed by atoms with Crippen LogP contribution in [0.5, 0.6) is 0 Å². The zero-order valence-corrected chi connectivity index (χ0v) is 13.3. The first-order chi connectivity index (χ1) is 11.2. The third kappa shape index (κ3) is 3.83. The average molecular weight is 309 g/mol. The summed E-state index contributed by atoms with van der Waals surface area (Å²) in [4.78, 5) is 14.9. The van der Waals surface area contributed by atoms with E-state index in [0.29, 0.717) is 11.3 Å². The first-order valence-electron chi connectivity index (χ1n) is 8.25. The summed E-state index contributed by atoms with van der Waals surface area (Å²) in [5.74, 6) is -0.125. The number of hydrogen-bond acceptors (Lipinski definition) is 3. The van der Waals surface area contributed by atoms with Crippen LogP contribution in [-0.2, 0) is 0 Å². The number of nitrogens with two attached hydrogens (primary N) is 1. The van der Waals surface area contributed by atoms with Gasteiger partial charge in [-0.25, -0.2) is 0 Å². The summed E-state index contributed by atoms with van der Waals surface area (Å²) in [6.07, 6.45) is 4.98. The van der Waals surface area contributed by atoms with Gasteiger partial charge in [-0.3, -0.25) is 4.79 Å². The number of para-hydroxylation sites is 2. The monoisotopic (exact) mass is 309 g/mol. The lowest BCUT2D eigenvalue weighted by atomic mass is 10.1. The molecule has 1 saturated heterocycles. The van der Waals surface area contributed by atoms with Gasteiger partial charge in [-0.2, -0.15) is 0 Å². The van der Waals surface area contributed by atoms with Crippen LogP contribution in [0.1, 0.15) is 36.0 Å². The van der Waals surface area contributed by atoms with E-state index in [-0.39, 0.29) is 5.91 Å². The second-order valence-corrected chi connectivity index (χ2v) is 6.00. The number of hydrogen-bond donors (Lipinski definition) is 2. The molecule has 3 N–H and O–H groups in total. The third-order valence-corrected chi connectivity index (χ3v) is 4.25. The molecule has 0 aromatic heterocycles. The van der Waals surface area contributed by atoms with E-state index < -0.39 is 0 Å². The fraction of sp³-hybridized carbons (Fsp3) is 0.316. The Bertz CT molecular complexity index is 676. The van der Waals surface area contributed by atoms with Crippen LogP contribution in [-0.4, -0.2) is 19.0 Å². The molecule has 2 aromatic carbocycles. The van der Waals surface area contributed by atoms with Gasteiger partial charge in [0, 0.05) is 24.3 Å². The number of nitrogens with one attached hydrogen (secondary N) is 1. The van der Waals surface area contributed by atoms with Gasteiger partial charge in [0.1, 0.15) is 0 Å². The van der Waals surface area contributed by atoms with E-state index in [4.69, 9.17) is 5.73 Å². The lowest BCUT2D eigenvalue weighted by Crippen LogP contribution is -2.25. The molecule has 0 aliphatic carbocycles.